The molecule has 0 aliphatic heterocycles. The molecule has 0 aliphatic rings. The van der Waals surface area contributed by atoms with Gasteiger partial charge in [0.05, 0.1) is 0 Å². The maximum atomic E-state index is 8.89. The van der Waals surface area contributed by atoms with Crippen molar-refractivity contribution in [1.29, 1.82) is 0 Å². The van der Waals surface area contributed by atoms with Crippen molar-refractivity contribution in [3.63, 3.8) is 0 Å². The molecule has 1 radical (unpaired) electrons. The largest absolute Gasteiger partial charge is 0.422 e. The first-order valence-corrected chi connectivity index (χ1v) is 30.7. The van der Waals surface area contributed by atoms with Gasteiger partial charge in [-0.1, -0.05) is 299 Å². The van der Waals surface area contributed by atoms with Gasteiger partial charge in [-0.2, -0.15) is 0 Å². The lowest BCUT2D eigenvalue weighted by atomic mass is 10.3. The van der Waals surface area contributed by atoms with E-state index < -0.39 is 33.8 Å². The van der Waals surface area contributed by atoms with Gasteiger partial charge in [-0.3, -0.25) is 0 Å². The van der Waals surface area contributed by atoms with Gasteiger partial charge in [0.25, 0.3) is 8.32 Å². The molecule has 325 valence electrons. The Morgan fingerprint density at radius 1 is 0.258 bits per heavy atom. The minimum absolute atomic E-state index is 0.844. The molecule has 0 saturated carbocycles. The van der Waals surface area contributed by atoms with Crippen LogP contribution in [0.4, 0.5) is 0 Å². The fourth-order valence-corrected chi connectivity index (χ4v) is 31.6. The summed E-state index contributed by atoms with van der Waals surface area (Å²) in [6, 6.07) is 98.7. The second-order valence-corrected chi connectivity index (χ2v) is 30.3. The Bertz CT molecular complexity index is 2610. The van der Waals surface area contributed by atoms with Crippen molar-refractivity contribution in [2.75, 3.05) is 0 Å². The van der Waals surface area contributed by atoms with Crippen LogP contribution in [0, 0.1) is 6.92 Å². The van der Waals surface area contributed by atoms with Gasteiger partial charge in [-0.05, 0) is 52.7 Å². The summed E-state index contributed by atoms with van der Waals surface area (Å²) < 4.78 is 26.4. The van der Waals surface area contributed by atoms with Crippen LogP contribution in [0.25, 0.3) is 0 Å². The number of unbranched alkanes of at least 4 members (excludes halogenated alkanes) is 2. The van der Waals surface area contributed by atoms with Crippen LogP contribution >= 0.6 is 0 Å². The molecule has 9 rings (SSSR count). The molecule has 0 amide bonds. The molecule has 0 aliphatic carbocycles. The van der Waals surface area contributed by atoms with E-state index in [-0.39, 0.29) is 0 Å². The summed E-state index contributed by atoms with van der Waals surface area (Å²) in [5.41, 5.74) is 0. The van der Waals surface area contributed by atoms with Gasteiger partial charge in [0, 0.05) is 0 Å². The van der Waals surface area contributed by atoms with Gasteiger partial charge in [0.15, 0.2) is 0 Å². The molecule has 0 heterocycles. The van der Waals surface area contributed by atoms with E-state index in [2.05, 4.69) is 280 Å². The first-order valence-electron chi connectivity index (χ1n) is 23.0. The second-order valence-electron chi connectivity index (χ2n) is 16.7. The van der Waals surface area contributed by atoms with Crippen molar-refractivity contribution in [3.8, 4) is 0 Å². The van der Waals surface area contributed by atoms with Crippen LogP contribution in [0.5, 0.6) is 0 Å². The van der Waals surface area contributed by atoms with Gasteiger partial charge >= 0.3 is 17.1 Å². The van der Waals surface area contributed by atoms with E-state index in [1.807, 2.05) is 0 Å². The van der Waals surface area contributed by atoms with Gasteiger partial charge in [0.2, 0.25) is 8.32 Å². The Labute approximate surface area is 395 Å². The Morgan fingerprint density at radius 3 is 0.773 bits per heavy atom. The molecule has 0 unspecified atom stereocenters. The van der Waals surface area contributed by atoms with Gasteiger partial charge < -0.3 is 12.3 Å². The third-order valence-corrected chi connectivity index (χ3v) is 31.2. The molecule has 9 aromatic rings. The van der Waals surface area contributed by atoms with Crippen molar-refractivity contribution in [3.05, 3.63) is 280 Å². The van der Waals surface area contributed by atoms with E-state index in [0.717, 1.165) is 61.6 Å². The lowest BCUT2D eigenvalue weighted by Crippen LogP contribution is -2.83. The zero-order valence-electron chi connectivity index (χ0n) is 37.2. The van der Waals surface area contributed by atoms with Crippen LogP contribution in [0.2, 0.25) is 6.04 Å². The summed E-state index contributed by atoms with van der Waals surface area (Å²) in [7, 11) is -14.9. The van der Waals surface area contributed by atoms with Gasteiger partial charge in [-0.25, -0.2) is 0 Å². The van der Waals surface area contributed by atoms with Crippen molar-refractivity contribution >= 4 is 80.4 Å². The van der Waals surface area contributed by atoms with Crippen molar-refractivity contribution < 1.29 is 12.3 Å². The summed E-state index contributed by atoms with van der Waals surface area (Å²) in [5, 5.41) is 9.88. The fraction of sp³-hybridized carbons (Fsp3) is 0.0678. The van der Waals surface area contributed by atoms with Crippen LogP contribution in [0.15, 0.2) is 273 Å². The molecule has 0 atom stereocenters. The molecular weight excluding hydrogens is 869 g/mol. The quantitative estimate of drug-likeness (QED) is 0.0468. The average molecular weight is 924 g/mol. The Morgan fingerprint density at radius 2 is 0.500 bits per heavy atom. The maximum Gasteiger partial charge on any atom is 0.389 e. The highest BCUT2D eigenvalue weighted by Gasteiger charge is 2.61. The maximum absolute atomic E-state index is 8.89. The van der Waals surface area contributed by atoms with Crippen molar-refractivity contribution in [1.82, 2.24) is 0 Å². The number of hydrogen-bond donors (Lipinski definition) is 0. The zero-order chi connectivity index (χ0) is 45.0. The summed E-state index contributed by atoms with van der Waals surface area (Å²) in [6.45, 7) is 4.30. The van der Waals surface area contributed by atoms with E-state index in [9.17, 15) is 0 Å². The highest BCUT2D eigenvalue weighted by atomic mass is 28.5. The van der Waals surface area contributed by atoms with Crippen molar-refractivity contribution in [2.45, 2.75) is 25.3 Å². The Balaban J connectivity index is 1.44. The Kier molecular flexibility index (Phi) is 14.2. The minimum Gasteiger partial charge on any atom is -0.422 e. The SMILES string of the molecule is [CH2]CCCC[Si](O[Si](O[Si](O[Si](c1ccccc1)(c1ccccc1)c1ccccc1)(c1ccccc1)c1ccccc1)(c1ccccc1)c1ccccc1)(c1ccccc1)c1ccccc1. The van der Waals surface area contributed by atoms with E-state index in [4.69, 9.17) is 12.3 Å². The predicted octanol–water partition coefficient (Wildman–Crippen LogP) is 7.98. The minimum atomic E-state index is -4.06. The summed E-state index contributed by atoms with van der Waals surface area (Å²) in [6.07, 6.45) is 2.79. The lowest BCUT2D eigenvalue weighted by Gasteiger charge is -2.49. The normalized spacial score (nSPS) is 12.1. The third-order valence-electron chi connectivity index (χ3n) is 12.6. The highest BCUT2D eigenvalue weighted by molar-refractivity contribution is 7.16. The fourth-order valence-electron chi connectivity index (χ4n) is 9.43. The second kappa shape index (κ2) is 20.9. The first kappa shape index (κ1) is 44.9. The number of hydrogen-bond acceptors (Lipinski definition) is 3. The average Bonchev–Trinajstić information content (AvgIpc) is 3.41. The van der Waals surface area contributed by atoms with E-state index in [1.165, 1.54) is 10.4 Å². The first-order chi connectivity index (χ1) is 32.6. The summed E-state index contributed by atoms with van der Waals surface area (Å²) >= 11 is 0. The molecule has 0 bridgehead atoms. The van der Waals surface area contributed by atoms with Crippen LogP contribution in [0.3, 0.4) is 0 Å². The third kappa shape index (κ3) is 8.99. The predicted molar refractivity (Wildman–Crippen MR) is 285 cm³/mol. The zero-order valence-corrected chi connectivity index (χ0v) is 41.2. The Hall–Kier alpha value is -6.27. The van der Waals surface area contributed by atoms with Crippen LogP contribution in [0.1, 0.15) is 19.3 Å². The standard InChI is InChI=1S/C59H55O3Si4/c1-2-3-31-50-63(51-32-13-4-14-33-51,52-34-15-5-16-35-52)60-65(56-42-23-9-24-43-56,57-44-25-10-26-45-57)62-66(58-46-27-11-28-47-58,59-48-29-12-30-49-59)61-64(53-36-17-6-18-37-53,54-38-19-7-20-39-54)55-40-21-8-22-41-55/h4-30,32-49H,1-3,31,50H2. The topological polar surface area (TPSA) is 27.7 Å². The van der Waals surface area contributed by atoms with Gasteiger partial charge in [-0.15, -0.1) is 0 Å². The molecule has 9 aromatic carbocycles. The summed E-state index contributed by atoms with van der Waals surface area (Å²) in [4.78, 5) is 0. The van der Waals surface area contributed by atoms with Crippen LogP contribution < -0.4 is 46.7 Å². The molecule has 0 aromatic heterocycles. The highest BCUT2D eigenvalue weighted by Crippen LogP contribution is 2.29. The van der Waals surface area contributed by atoms with Crippen molar-refractivity contribution in [2.24, 2.45) is 0 Å². The molecule has 7 heteroatoms. The molecule has 3 nitrogen and oxygen atoms in total. The van der Waals surface area contributed by atoms with E-state index >= 15 is 0 Å². The van der Waals surface area contributed by atoms with Crippen LogP contribution in [-0.4, -0.2) is 33.8 Å². The smallest absolute Gasteiger partial charge is 0.389 e. The molecular formula is C59H55O3Si4. The molecule has 0 N–H and O–H groups in total. The van der Waals surface area contributed by atoms with Gasteiger partial charge in [0.1, 0.15) is 0 Å². The molecule has 0 spiro atoms. The van der Waals surface area contributed by atoms with E-state index in [0.29, 0.717) is 0 Å². The van der Waals surface area contributed by atoms with E-state index in [1.54, 1.807) is 0 Å². The van der Waals surface area contributed by atoms with Crippen LogP contribution in [-0.2, 0) is 12.3 Å². The lowest BCUT2D eigenvalue weighted by molar-refractivity contribution is 0.360. The summed E-state index contributed by atoms with van der Waals surface area (Å²) in [5.74, 6) is 0. The number of benzene rings is 9. The molecule has 66 heavy (non-hydrogen) atoms. The number of rotatable bonds is 19. The monoisotopic (exact) mass is 923 g/mol. The molecule has 0 fully saturated rings. The molecule has 0 saturated heterocycles.